The first-order valence-corrected chi connectivity index (χ1v) is 5.90. The molecule has 1 aliphatic rings. The topological polar surface area (TPSA) is 74.6 Å². The third-order valence-electron chi connectivity index (χ3n) is 3.52. The maximum atomic E-state index is 11.8. The van der Waals surface area contributed by atoms with E-state index in [1.807, 2.05) is 20.8 Å². The van der Waals surface area contributed by atoms with Gasteiger partial charge in [-0.1, -0.05) is 6.07 Å². The summed E-state index contributed by atoms with van der Waals surface area (Å²) < 4.78 is -0.399. The molecule has 0 fully saturated rings. The highest BCUT2D eigenvalue weighted by Crippen LogP contribution is 2.43. The molecule has 0 saturated heterocycles. The number of aromatic carboxylic acids is 1. The lowest BCUT2D eigenvalue weighted by Gasteiger charge is -2.38. The van der Waals surface area contributed by atoms with Crippen LogP contribution in [0.1, 0.15) is 36.7 Å². The van der Waals surface area contributed by atoms with E-state index >= 15 is 0 Å². The highest BCUT2D eigenvalue weighted by molar-refractivity contribution is 6.00. The van der Waals surface area contributed by atoms with Crippen LogP contribution in [0.25, 0.3) is 6.08 Å². The van der Waals surface area contributed by atoms with Gasteiger partial charge in [0.2, 0.25) is 0 Å². The Morgan fingerprint density at radius 2 is 1.79 bits per heavy atom. The minimum atomic E-state index is -1.05. The smallest absolute Gasteiger partial charge is 0.478 e. The van der Waals surface area contributed by atoms with Crippen LogP contribution in [0.3, 0.4) is 0 Å². The molecule has 0 spiro atoms. The van der Waals surface area contributed by atoms with Crippen LogP contribution >= 0.6 is 0 Å². The van der Waals surface area contributed by atoms with E-state index in [0.717, 1.165) is 0 Å². The summed E-state index contributed by atoms with van der Waals surface area (Å²) in [5.41, 5.74) is 0.455. The number of carboxylic acid groups (broad SMARTS) is 2. The first-order chi connectivity index (χ1) is 8.72. The number of rotatable bonds is 1. The maximum Gasteiger partial charge on any atom is 0.523 e. The molecule has 1 aromatic carbocycles. The van der Waals surface area contributed by atoms with Gasteiger partial charge in [0, 0.05) is 12.1 Å². The number of nitrogens with zero attached hydrogens (tertiary/aromatic N) is 1. The number of carbonyl (C=O) groups is 2. The molecule has 19 heavy (non-hydrogen) atoms. The molecule has 1 amide bonds. The van der Waals surface area contributed by atoms with Crippen LogP contribution in [-0.4, -0.2) is 27.8 Å². The molecule has 0 aliphatic carbocycles. The monoisotopic (exact) mass is 262 g/mol. The predicted octanol–water partition coefficient (Wildman–Crippen LogP) is 3.15. The SMILES string of the molecule is CC(C)(C)[N+]1(C(=O)O)C=Cc2c(C(=O)O)cccc21. The van der Waals surface area contributed by atoms with Crippen LogP contribution in [0.5, 0.6) is 0 Å². The van der Waals surface area contributed by atoms with Gasteiger partial charge in [0.25, 0.3) is 0 Å². The Kier molecular flexibility index (Phi) is 2.75. The molecule has 2 N–H and O–H groups in total. The Bertz CT molecular complexity index is 598. The standard InChI is InChI=1S/C14H15NO4/c1-14(2,3)15(13(18)19)8-7-9-10(12(16)17)5-4-6-11(9)15/h4-8H,1-3H3,(H-,16,17,18,19)/p+1. The zero-order valence-electron chi connectivity index (χ0n) is 11.0. The predicted molar refractivity (Wildman–Crippen MR) is 72.0 cm³/mol. The summed E-state index contributed by atoms with van der Waals surface area (Å²) in [7, 11) is 0. The minimum absolute atomic E-state index is 0.124. The van der Waals surface area contributed by atoms with Crippen LogP contribution < -0.4 is 4.48 Å². The molecular weight excluding hydrogens is 246 g/mol. The van der Waals surface area contributed by atoms with Gasteiger partial charge in [-0.05, 0) is 26.8 Å². The van der Waals surface area contributed by atoms with E-state index in [0.29, 0.717) is 11.3 Å². The molecule has 1 atom stereocenters. The lowest BCUT2D eigenvalue weighted by molar-refractivity contribution is 0.0696. The zero-order chi connectivity index (χ0) is 14.4. The van der Waals surface area contributed by atoms with Crippen molar-refractivity contribution in [2.75, 3.05) is 0 Å². The fourth-order valence-electron chi connectivity index (χ4n) is 2.53. The fraction of sp³-hybridized carbons (Fsp3) is 0.286. The average molecular weight is 262 g/mol. The van der Waals surface area contributed by atoms with Gasteiger partial charge in [0.15, 0.2) is 5.69 Å². The number of fused-ring (bicyclic) bond motifs is 1. The zero-order valence-corrected chi connectivity index (χ0v) is 11.0. The Hall–Kier alpha value is -2.14. The Morgan fingerprint density at radius 3 is 2.26 bits per heavy atom. The van der Waals surface area contributed by atoms with Crippen molar-refractivity contribution in [1.29, 1.82) is 0 Å². The number of hydrogen-bond donors (Lipinski definition) is 2. The summed E-state index contributed by atoms with van der Waals surface area (Å²) in [6, 6.07) is 4.73. The molecule has 0 saturated carbocycles. The number of hydrogen-bond acceptors (Lipinski definition) is 2. The number of carboxylic acids is 1. The van der Waals surface area contributed by atoms with Gasteiger partial charge in [0.05, 0.1) is 11.1 Å². The Labute approximate surface area is 111 Å². The van der Waals surface area contributed by atoms with E-state index in [4.69, 9.17) is 0 Å². The molecule has 5 nitrogen and oxygen atoms in total. The van der Waals surface area contributed by atoms with Gasteiger partial charge in [-0.2, -0.15) is 9.28 Å². The summed E-state index contributed by atoms with van der Waals surface area (Å²) in [4.78, 5) is 23.0. The van der Waals surface area contributed by atoms with Crippen LogP contribution in [0.4, 0.5) is 10.5 Å². The van der Waals surface area contributed by atoms with Crippen molar-refractivity contribution in [3.05, 3.63) is 35.5 Å². The first-order valence-electron chi connectivity index (χ1n) is 5.90. The normalized spacial score (nSPS) is 21.2. The van der Waals surface area contributed by atoms with Gasteiger partial charge in [-0.15, -0.1) is 0 Å². The molecule has 5 heteroatoms. The average Bonchev–Trinajstić information content (AvgIpc) is 2.67. The lowest BCUT2D eigenvalue weighted by Crippen LogP contribution is -2.60. The quantitative estimate of drug-likeness (QED) is 0.762. The van der Waals surface area contributed by atoms with E-state index in [2.05, 4.69) is 0 Å². The Morgan fingerprint density at radius 1 is 1.16 bits per heavy atom. The molecule has 2 rings (SSSR count). The second kappa shape index (κ2) is 3.93. The number of quaternary nitrogens is 1. The van der Waals surface area contributed by atoms with Crippen molar-refractivity contribution in [3.8, 4) is 0 Å². The van der Waals surface area contributed by atoms with Crippen molar-refractivity contribution in [1.82, 2.24) is 4.48 Å². The van der Waals surface area contributed by atoms with Gasteiger partial charge in [-0.3, -0.25) is 0 Å². The van der Waals surface area contributed by atoms with E-state index in [1.165, 1.54) is 6.07 Å². The van der Waals surface area contributed by atoms with Crippen molar-refractivity contribution < 1.29 is 19.8 Å². The summed E-state index contributed by atoms with van der Waals surface area (Å²) in [6.45, 7) is 5.44. The van der Waals surface area contributed by atoms with E-state index < -0.39 is 22.1 Å². The van der Waals surface area contributed by atoms with E-state index in [9.17, 15) is 19.8 Å². The lowest BCUT2D eigenvalue weighted by atomic mass is 9.99. The molecule has 1 unspecified atom stereocenters. The van der Waals surface area contributed by atoms with Gasteiger partial charge < -0.3 is 10.2 Å². The minimum Gasteiger partial charge on any atom is -0.478 e. The molecule has 0 aromatic heterocycles. The Balaban J connectivity index is 2.78. The van der Waals surface area contributed by atoms with Crippen molar-refractivity contribution >= 4 is 23.8 Å². The summed E-state index contributed by atoms with van der Waals surface area (Å²) in [6.07, 6.45) is 2.10. The summed E-state index contributed by atoms with van der Waals surface area (Å²) in [5, 5.41) is 18.8. The fourth-order valence-corrected chi connectivity index (χ4v) is 2.53. The van der Waals surface area contributed by atoms with Crippen LogP contribution in [0, 0.1) is 0 Å². The second-order valence-corrected chi connectivity index (χ2v) is 5.54. The molecule has 100 valence electrons. The van der Waals surface area contributed by atoms with E-state index in [-0.39, 0.29) is 5.56 Å². The van der Waals surface area contributed by atoms with E-state index in [1.54, 1.807) is 24.4 Å². The molecule has 0 bridgehead atoms. The van der Waals surface area contributed by atoms with Gasteiger partial charge in [-0.25, -0.2) is 4.79 Å². The second-order valence-electron chi connectivity index (χ2n) is 5.54. The highest BCUT2D eigenvalue weighted by atomic mass is 16.4. The molecule has 1 aliphatic heterocycles. The third kappa shape index (κ3) is 1.66. The summed E-state index contributed by atoms with van der Waals surface area (Å²) in [5.74, 6) is -1.05. The molecule has 0 radical (unpaired) electrons. The van der Waals surface area contributed by atoms with Gasteiger partial charge >= 0.3 is 12.1 Å². The number of benzene rings is 1. The van der Waals surface area contributed by atoms with Crippen LogP contribution in [-0.2, 0) is 0 Å². The van der Waals surface area contributed by atoms with Gasteiger partial charge in [0.1, 0.15) is 11.7 Å². The molecule has 1 aromatic rings. The summed E-state index contributed by atoms with van der Waals surface area (Å²) >= 11 is 0. The largest absolute Gasteiger partial charge is 0.523 e. The number of amides is 1. The van der Waals surface area contributed by atoms with Crippen molar-refractivity contribution in [3.63, 3.8) is 0 Å². The van der Waals surface area contributed by atoms with Crippen LogP contribution in [0.2, 0.25) is 0 Å². The van der Waals surface area contributed by atoms with Crippen molar-refractivity contribution in [2.45, 2.75) is 26.3 Å². The third-order valence-corrected chi connectivity index (χ3v) is 3.52. The molecular formula is C14H16NO4+. The van der Waals surface area contributed by atoms with Crippen LogP contribution in [0.15, 0.2) is 24.4 Å². The molecule has 1 heterocycles. The maximum absolute atomic E-state index is 11.8. The first kappa shape index (κ1) is 13.3. The van der Waals surface area contributed by atoms with Crippen molar-refractivity contribution in [2.24, 2.45) is 0 Å². The highest BCUT2D eigenvalue weighted by Gasteiger charge is 2.52.